The van der Waals surface area contributed by atoms with Crippen molar-refractivity contribution >= 4 is 28.4 Å². The van der Waals surface area contributed by atoms with Gasteiger partial charge in [-0.05, 0) is 72.5 Å². The zero-order valence-corrected chi connectivity index (χ0v) is 14.8. The van der Waals surface area contributed by atoms with Gasteiger partial charge in [-0.25, -0.2) is 9.97 Å². The van der Waals surface area contributed by atoms with Gasteiger partial charge in [0.05, 0.1) is 9.26 Å². The third-order valence-electron chi connectivity index (χ3n) is 3.57. The second kappa shape index (κ2) is 6.08. The average Bonchev–Trinajstić information content (AvgIpc) is 2.43. The first-order valence-corrected chi connectivity index (χ1v) is 7.88. The Labute approximate surface area is 134 Å². The van der Waals surface area contributed by atoms with Crippen molar-refractivity contribution in [3.8, 4) is 11.4 Å². The van der Waals surface area contributed by atoms with E-state index >= 15 is 0 Å². The molecule has 0 aliphatic rings. The van der Waals surface area contributed by atoms with Crippen molar-refractivity contribution in [1.82, 2.24) is 9.97 Å². The van der Waals surface area contributed by atoms with Crippen molar-refractivity contribution in [2.45, 2.75) is 34.1 Å². The van der Waals surface area contributed by atoms with E-state index < -0.39 is 0 Å². The summed E-state index contributed by atoms with van der Waals surface area (Å²) in [6, 6.07) is 4.39. The topological polar surface area (TPSA) is 37.8 Å². The fourth-order valence-electron chi connectivity index (χ4n) is 2.22. The maximum absolute atomic E-state index is 4.74. The minimum Gasteiger partial charge on any atom is -0.372 e. The Morgan fingerprint density at radius 2 is 1.70 bits per heavy atom. The fourth-order valence-corrected chi connectivity index (χ4v) is 3.11. The Bertz CT molecular complexity index is 625. The molecular formula is C16H20IN3. The molecule has 4 heteroatoms. The number of nitrogens with zero attached hydrogens (tertiary/aromatic N) is 2. The van der Waals surface area contributed by atoms with Gasteiger partial charge in [0.1, 0.15) is 5.82 Å². The van der Waals surface area contributed by atoms with E-state index in [2.05, 4.69) is 72.7 Å². The van der Waals surface area contributed by atoms with Crippen LogP contribution in [0.15, 0.2) is 12.1 Å². The van der Waals surface area contributed by atoms with Crippen molar-refractivity contribution in [2.24, 2.45) is 0 Å². The van der Waals surface area contributed by atoms with Crippen LogP contribution in [0.3, 0.4) is 0 Å². The Morgan fingerprint density at radius 3 is 2.30 bits per heavy atom. The van der Waals surface area contributed by atoms with E-state index in [4.69, 9.17) is 4.98 Å². The third kappa shape index (κ3) is 2.80. The largest absolute Gasteiger partial charge is 0.372 e. The molecule has 2 rings (SSSR count). The van der Waals surface area contributed by atoms with Gasteiger partial charge in [-0.3, -0.25) is 0 Å². The first-order valence-electron chi connectivity index (χ1n) is 6.80. The first-order chi connectivity index (χ1) is 9.47. The van der Waals surface area contributed by atoms with Gasteiger partial charge in [-0.1, -0.05) is 13.0 Å². The van der Waals surface area contributed by atoms with Gasteiger partial charge in [0.15, 0.2) is 5.82 Å². The molecule has 20 heavy (non-hydrogen) atoms. The molecule has 0 spiro atoms. The van der Waals surface area contributed by atoms with E-state index in [1.807, 2.05) is 7.05 Å². The maximum atomic E-state index is 4.74. The molecule has 1 heterocycles. The summed E-state index contributed by atoms with van der Waals surface area (Å²) in [5.41, 5.74) is 6.02. The number of nitrogens with one attached hydrogen (secondary N) is 1. The molecule has 1 N–H and O–H groups in total. The predicted octanol–water partition coefficient (Wildman–Crippen LogP) is 4.28. The first kappa shape index (κ1) is 15.2. The number of hydrogen-bond acceptors (Lipinski definition) is 3. The summed E-state index contributed by atoms with van der Waals surface area (Å²) < 4.78 is 1.11. The highest BCUT2D eigenvalue weighted by atomic mass is 127. The molecule has 0 bridgehead atoms. The van der Waals surface area contributed by atoms with Crippen molar-refractivity contribution in [3.05, 3.63) is 38.1 Å². The summed E-state index contributed by atoms with van der Waals surface area (Å²) in [4.78, 5) is 9.41. The highest BCUT2D eigenvalue weighted by Crippen LogP contribution is 2.27. The molecule has 0 radical (unpaired) electrons. The smallest absolute Gasteiger partial charge is 0.162 e. The highest BCUT2D eigenvalue weighted by Gasteiger charge is 2.13. The van der Waals surface area contributed by atoms with Crippen LogP contribution in [0.4, 0.5) is 5.82 Å². The van der Waals surface area contributed by atoms with Crippen LogP contribution in [0.1, 0.15) is 29.3 Å². The van der Waals surface area contributed by atoms with Gasteiger partial charge in [-0.2, -0.15) is 0 Å². The zero-order chi connectivity index (χ0) is 14.9. The lowest BCUT2D eigenvalue weighted by Gasteiger charge is -2.13. The van der Waals surface area contributed by atoms with E-state index in [0.29, 0.717) is 0 Å². The molecule has 2 aromatic rings. The lowest BCUT2D eigenvalue weighted by molar-refractivity contribution is 0.988. The number of benzene rings is 1. The van der Waals surface area contributed by atoms with Gasteiger partial charge >= 0.3 is 0 Å². The van der Waals surface area contributed by atoms with Gasteiger partial charge in [0.25, 0.3) is 0 Å². The zero-order valence-electron chi connectivity index (χ0n) is 12.6. The van der Waals surface area contributed by atoms with E-state index in [0.717, 1.165) is 32.9 Å². The molecule has 0 atom stereocenters. The molecule has 1 aromatic carbocycles. The van der Waals surface area contributed by atoms with E-state index in [1.165, 1.54) is 16.7 Å². The summed E-state index contributed by atoms with van der Waals surface area (Å²) in [7, 11) is 1.90. The molecule has 106 valence electrons. The highest BCUT2D eigenvalue weighted by molar-refractivity contribution is 14.1. The molecule has 3 nitrogen and oxygen atoms in total. The van der Waals surface area contributed by atoms with Gasteiger partial charge in [0.2, 0.25) is 0 Å². The maximum Gasteiger partial charge on any atom is 0.162 e. The molecule has 0 aliphatic heterocycles. The minimum atomic E-state index is 0.812. The van der Waals surface area contributed by atoms with Crippen LogP contribution in [-0.4, -0.2) is 17.0 Å². The monoisotopic (exact) mass is 381 g/mol. The van der Waals surface area contributed by atoms with Crippen LogP contribution in [0.25, 0.3) is 11.4 Å². The van der Waals surface area contributed by atoms with Crippen molar-refractivity contribution in [2.75, 3.05) is 12.4 Å². The summed E-state index contributed by atoms with van der Waals surface area (Å²) in [6.45, 7) is 8.51. The standard InChI is InChI=1S/C16H20IN3/c1-6-13-14(17)16(18-5)20-15(19-13)12-8-10(3)9(2)7-11(12)4/h7-8H,6H2,1-5H3,(H,18,19,20). The van der Waals surface area contributed by atoms with Crippen LogP contribution in [-0.2, 0) is 6.42 Å². The van der Waals surface area contributed by atoms with Crippen LogP contribution >= 0.6 is 22.6 Å². The molecule has 0 saturated carbocycles. The molecule has 0 amide bonds. The van der Waals surface area contributed by atoms with Crippen LogP contribution in [0.2, 0.25) is 0 Å². The number of aromatic nitrogens is 2. The van der Waals surface area contributed by atoms with E-state index in [9.17, 15) is 0 Å². The minimum absolute atomic E-state index is 0.812. The number of aryl methyl sites for hydroxylation is 4. The Kier molecular flexibility index (Phi) is 4.62. The van der Waals surface area contributed by atoms with Crippen molar-refractivity contribution in [1.29, 1.82) is 0 Å². The van der Waals surface area contributed by atoms with Crippen molar-refractivity contribution in [3.63, 3.8) is 0 Å². The molecule has 0 aliphatic carbocycles. The van der Waals surface area contributed by atoms with Crippen LogP contribution in [0, 0.1) is 24.3 Å². The van der Waals surface area contributed by atoms with Gasteiger partial charge < -0.3 is 5.32 Å². The SMILES string of the molecule is CCc1nc(-c2cc(C)c(C)cc2C)nc(NC)c1I. The average molecular weight is 381 g/mol. The molecule has 1 aromatic heterocycles. The van der Waals surface area contributed by atoms with Crippen molar-refractivity contribution < 1.29 is 0 Å². The Balaban J connectivity index is 2.66. The summed E-state index contributed by atoms with van der Waals surface area (Å²) in [5.74, 6) is 1.72. The second-order valence-corrected chi connectivity index (χ2v) is 6.09. The number of hydrogen-bond donors (Lipinski definition) is 1. The fraction of sp³-hybridized carbons (Fsp3) is 0.375. The lowest BCUT2D eigenvalue weighted by atomic mass is 10.0. The molecule has 0 fully saturated rings. The summed E-state index contributed by atoms with van der Waals surface area (Å²) in [5, 5.41) is 3.17. The third-order valence-corrected chi connectivity index (χ3v) is 4.71. The van der Waals surface area contributed by atoms with E-state index in [1.54, 1.807) is 0 Å². The Morgan fingerprint density at radius 1 is 1.05 bits per heavy atom. The van der Waals surface area contributed by atoms with Crippen LogP contribution < -0.4 is 5.32 Å². The molecular weight excluding hydrogens is 361 g/mol. The Hall–Kier alpha value is -1.17. The second-order valence-electron chi connectivity index (χ2n) is 5.01. The summed E-state index contributed by atoms with van der Waals surface area (Å²) in [6.07, 6.45) is 0.909. The number of halogens is 1. The normalized spacial score (nSPS) is 10.7. The molecule has 0 saturated heterocycles. The predicted molar refractivity (Wildman–Crippen MR) is 93.3 cm³/mol. The number of anilines is 1. The summed E-state index contributed by atoms with van der Waals surface area (Å²) >= 11 is 2.31. The van der Waals surface area contributed by atoms with Gasteiger partial charge in [-0.15, -0.1) is 0 Å². The van der Waals surface area contributed by atoms with E-state index in [-0.39, 0.29) is 0 Å². The molecule has 0 unspecified atom stereocenters. The van der Waals surface area contributed by atoms with Crippen LogP contribution in [0.5, 0.6) is 0 Å². The quantitative estimate of drug-likeness (QED) is 0.807. The van der Waals surface area contributed by atoms with Gasteiger partial charge in [0, 0.05) is 12.6 Å². The lowest BCUT2D eigenvalue weighted by Crippen LogP contribution is -2.05. The number of rotatable bonds is 3.